The average Bonchev–Trinajstić information content (AvgIpc) is 2.82. The predicted octanol–water partition coefficient (Wildman–Crippen LogP) is 4.90. The van der Waals surface area contributed by atoms with E-state index in [2.05, 4.69) is 22.0 Å². The molecule has 3 rings (SSSR count). The molecule has 28 heavy (non-hydrogen) atoms. The SMILES string of the molecule is CCCN1C(=O)[C@@](O)(CC(=O)c2c(C)c(C)cc(C)c2C)c2cc(Br)ccc21. The highest BCUT2D eigenvalue weighted by Crippen LogP contribution is 2.44. The van der Waals surface area contributed by atoms with Crippen LogP contribution in [0.4, 0.5) is 5.69 Å². The minimum atomic E-state index is -1.85. The minimum absolute atomic E-state index is 0.207. The maximum Gasteiger partial charge on any atom is 0.264 e. The number of amides is 1. The summed E-state index contributed by atoms with van der Waals surface area (Å²) in [5.74, 6) is -0.627. The molecule has 148 valence electrons. The summed E-state index contributed by atoms with van der Waals surface area (Å²) < 4.78 is 0.766. The van der Waals surface area contributed by atoms with Crippen molar-refractivity contribution in [1.29, 1.82) is 0 Å². The van der Waals surface area contributed by atoms with Crippen LogP contribution in [-0.2, 0) is 10.4 Å². The van der Waals surface area contributed by atoms with Crippen LogP contribution in [0.15, 0.2) is 28.7 Å². The number of ketones is 1. The Morgan fingerprint density at radius 3 is 2.29 bits per heavy atom. The first-order valence-electron chi connectivity index (χ1n) is 9.56. The Balaban J connectivity index is 2.09. The zero-order valence-electron chi connectivity index (χ0n) is 17.0. The molecule has 0 saturated carbocycles. The molecule has 4 nitrogen and oxygen atoms in total. The van der Waals surface area contributed by atoms with Crippen molar-refractivity contribution in [3.05, 3.63) is 62.1 Å². The average molecular weight is 444 g/mol. The van der Waals surface area contributed by atoms with Crippen molar-refractivity contribution >= 4 is 33.3 Å². The van der Waals surface area contributed by atoms with Crippen LogP contribution >= 0.6 is 15.9 Å². The normalized spacial score (nSPS) is 18.5. The van der Waals surface area contributed by atoms with E-state index in [1.807, 2.05) is 46.8 Å². The number of nitrogens with zero attached hydrogens (tertiary/aromatic N) is 1. The van der Waals surface area contributed by atoms with Gasteiger partial charge in [0, 0.05) is 22.1 Å². The molecule has 0 aromatic heterocycles. The lowest BCUT2D eigenvalue weighted by molar-refractivity contribution is -0.135. The summed E-state index contributed by atoms with van der Waals surface area (Å²) in [6.45, 7) is 10.3. The van der Waals surface area contributed by atoms with Crippen LogP contribution in [0.3, 0.4) is 0 Å². The highest BCUT2D eigenvalue weighted by atomic mass is 79.9. The first kappa shape index (κ1) is 20.7. The second kappa shape index (κ2) is 7.45. The van der Waals surface area contributed by atoms with E-state index in [4.69, 9.17) is 0 Å². The van der Waals surface area contributed by atoms with E-state index in [0.29, 0.717) is 23.4 Å². The number of carbonyl (C=O) groups is 2. The van der Waals surface area contributed by atoms with Gasteiger partial charge in [0.05, 0.1) is 12.1 Å². The van der Waals surface area contributed by atoms with Gasteiger partial charge >= 0.3 is 0 Å². The molecular weight excluding hydrogens is 418 g/mol. The zero-order valence-corrected chi connectivity index (χ0v) is 18.6. The van der Waals surface area contributed by atoms with Gasteiger partial charge in [-0.15, -0.1) is 0 Å². The van der Waals surface area contributed by atoms with Crippen molar-refractivity contribution in [3.63, 3.8) is 0 Å². The van der Waals surface area contributed by atoms with E-state index in [1.54, 1.807) is 11.0 Å². The molecule has 2 aromatic rings. The van der Waals surface area contributed by atoms with Gasteiger partial charge in [0.25, 0.3) is 5.91 Å². The monoisotopic (exact) mass is 443 g/mol. The van der Waals surface area contributed by atoms with Gasteiger partial charge < -0.3 is 10.0 Å². The van der Waals surface area contributed by atoms with Gasteiger partial charge in [-0.05, 0) is 74.6 Å². The van der Waals surface area contributed by atoms with Crippen LogP contribution in [0.2, 0.25) is 0 Å². The van der Waals surface area contributed by atoms with Crippen molar-refractivity contribution in [2.24, 2.45) is 0 Å². The predicted molar refractivity (Wildman–Crippen MR) is 115 cm³/mol. The van der Waals surface area contributed by atoms with Crippen molar-refractivity contribution in [1.82, 2.24) is 0 Å². The molecule has 1 aliphatic heterocycles. The van der Waals surface area contributed by atoms with Gasteiger partial charge in [0.1, 0.15) is 0 Å². The Bertz CT molecular complexity index is 956. The third-order valence-corrected chi connectivity index (χ3v) is 6.30. The van der Waals surface area contributed by atoms with Crippen LogP contribution < -0.4 is 4.90 Å². The summed E-state index contributed by atoms with van der Waals surface area (Å²) in [7, 11) is 0. The van der Waals surface area contributed by atoms with Gasteiger partial charge in [0.2, 0.25) is 0 Å². The first-order valence-corrected chi connectivity index (χ1v) is 10.4. The summed E-state index contributed by atoms with van der Waals surface area (Å²) in [6.07, 6.45) is 0.501. The molecule has 0 spiro atoms. The summed E-state index contributed by atoms with van der Waals surface area (Å²) in [5, 5.41) is 11.5. The molecule has 0 aliphatic carbocycles. The standard InChI is InChI=1S/C23H26BrNO3/c1-6-9-25-19-8-7-17(24)11-18(19)23(28,22(25)27)12-20(26)21-15(4)13(2)10-14(3)16(21)5/h7-8,10-11,28H,6,9,12H2,1-5H3/t23-/m1/s1. The topological polar surface area (TPSA) is 57.6 Å². The molecule has 0 unspecified atom stereocenters. The first-order chi connectivity index (χ1) is 13.1. The summed E-state index contributed by atoms with van der Waals surface area (Å²) in [4.78, 5) is 28.1. The van der Waals surface area contributed by atoms with E-state index in [1.165, 1.54) is 0 Å². The molecule has 1 heterocycles. The molecule has 2 aromatic carbocycles. The molecule has 0 saturated heterocycles. The number of halogens is 1. The Kier molecular flexibility index (Phi) is 5.52. The highest BCUT2D eigenvalue weighted by molar-refractivity contribution is 9.10. The van der Waals surface area contributed by atoms with Gasteiger partial charge in [-0.3, -0.25) is 9.59 Å². The Labute approximate surface area is 174 Å². The van der Waals surface area contributed by atoms with Crippen molar-refractivity contribution in [2.75, 3.05) is 11.4 Å². The molecule has 0 bridgehead atoms. The van der Waals surface area contributed by atoms with Crippen molar-refractivity contribution < 1.29 is 14.7 Å². The van der Waals surface area contributed by atoms with E-state index in [9.17, 15) is 14.7 Å². The fourth-order valence-electron chi connectivity index (χ4n) is 4.10. The fraction of sp³-hybridized carbons (Fsp3) is 0.391. The van der Waals surface area contributed by atoms with Gasteiger partial charge in [-0.25, -0.2) is 0 Å². The lowest BCUT2D eigenvalue weighted by Crippen LogP contribution is -2.42. The van der Waals surface area contributed by atoms with Crippen LogP contribution in [0.1, 0.15) is 57.9 Å². The van der Waals surface area contributed by atoms with Crippen molar-refractivity contribution in [3.8, 4) is 0 Å². The largest absolute Gasteiger partial charge is 0.375 e. The number of hydrogen-bond acceptors (Lipinski definition) is 3. The number of Topliss-reactive ketones (excluding diaryl/α,β-unsaturated/α-hetero) is 1. The molecular formula is C23H26BrNO3. The van der Waals surface area contributed by atoms with E-state index < -0.39 is 11.5 Å². The van der Waals surface area contributed by atoms with Crippen LogP contribution in [0.5, 0.6) is 0 Å². The molecule has 0 fully saturated rings. The van der Waals surface area contributed by atoms with Crippen molar-refractivity contribution in [2.45, 2.75) is 53.1 Å². The number of carbonyl (C=O) groups excluding carboxylic acids is 2. The molecule has 1 amide bonds. The second-order valence-electron chi connectivity index (χ2n) is 7.71. The lowest BCUT2D eigenvalue weighted by Gasteiger charge is -2.24. The van der Waals surface area contributed by atoms with E-state index >= 15 is 0 Å². The summed E-state index contributed by atoms with van der Waals surface area (Å²) in [6, 6.07) is 7.48. The maximum absolute atomic E-state index is 13.3. The number of anilines is 1. The van der Waals surface area contributed by atoms with E-state index in [-0.39, 0.29) is 12.2 Å². The van der Waals surface area contributed by atoms with Crippen LogP contribution in [-0.4, -0.2) is 23.3 Å². The number of aryl methyl sites for hydroxylation is 2. The van der Waals surface area contributed by atoms with Crippen LogP contribution in [0, 0.1) is 27.7 Å². The Morgan fingerprint density at radius 2 is 1.71 bits per heavy atom. The number of benzene rings is 2. The number of rotatable bonds is 5. The summed E-state index contributed by atoms with van der Waals surface area (Å²) in [5.41, 5.74) is 3.82. The zero-order chi connectivity index (χ0) is 20.8. The molecule has 1 atom stereocenters. The second-order valence-corrected chi connectivity index (χ2v) is 8.63. The van der Waals surface area contributed by atoms with Gasteiger partial charge in [0.15, 0.2) is 11.4 Å². The van der Waals surface area contributed by atoms with E-state index in [0.717, 1.165) is 33.1 Å². The molecule has 1 aliphatic rings. The third kappa shape index (κ3) is 3.20. The Morgan fingerprint density at radius 1 is 1.11 bits per heavy atom. The number of fused-ring (bicyclic) bond motifs is 1. The smallest absolute Gasteiger partial charge is 0.264 e. The quantitative estimate of drug-likeness (QED) is 0.668. The Hall–Kier alpha value is -1.98. The summed E-state index contributed by atoms with van der Waals surface area (Å²) >= 11 is 3.42. The maximum atomic E-state index is 13.3. The van der Waals surface area contributed by atoms with Gasteiger partial charge in [-0.1, -0.05) is 28.9 Å². The fourth-order valence-corrected chi connectivity index (χ4v) is 4.46. The highest BCUT2D eigenvalue weighted by Gasteiger charge is 2.51. The molecule has 0 radical (unpaired) electrons. The number of aliphatic hydroxyl groups is 1. The van der Waals surface area contributed by atoms with Crippen LogP contribution in [0.25, 0.3) is 0 Å². The lowest BCUT2D eigenvalue weighted by atomic mass is 9.84. The molecule has 5 heteroatoms. The number of hydrogen-bond donors (Lipinski definition) is 1. The molecule has 1 N–H and O–H groups in total. The third-order valence-electron chi connectivity index (χ3n) is 5.80. The van der Waals surface area contributed by atoms with Gasteiger partial charge in [-0.2, -0.15) is 0 Å². The minimum Gasteiger partial charge on any atom is -0.375 e.